The molecule has 0 saturated heterocycles. The van der Waals surface area contributed by atoms with Crippen molar-refractivity contribution < 1.29 is 8.42 Å². The highest BCUT2D eigenvalue weighted by molar-refractivity contribution is 7.88. The summed E-state index contributed by atoms with van der Waals surface area (Å²) < 4.78 is 24.8. The maximum Gasteiger partial charge on any atom is 0.211 e. The van der Waals surface area contributed by atoms with E-state index in [-0.39, 0.29) is 11.5 Å². The van der Waals surface area contributed by atoms with Gasteiger partial charge in [-0.3, -0.25) is 0 Å². The number of sulfonamides is 1. The zero-order valence-electron chi connectivity index (χ0n) is 11.3. The van der Waals surface area contributed by atoms with Crippen molar-refractivity contribution in [3.63, 3.8) is 0 Å². The number of nitrogens with zero attached hydrogens (tertiary/aromatic N) is 1. The van der Waals surface area contributed by atoms with E-state index in [0.29, 0.717) is 11.8 Å². The lowest BCUT2D eigenvalue weighted by atomic mass is 9.77. The Hall–Kier alpha value is -0.0900. The Bertz CT molecular complexity index is 343. The molecule has 4 heteroatoms. The van der Waals surface area contributed by atoms with Crippen LogP contribution in [0.2, 0.25) is 0 Å². The highest BCUT2D eigenvalue weighted by Crippen LogP contribution is 2.44. The average Bonchev–Trinajstić information content (AvgIpc) is 2.43. The third kappa shape index (κ3) is 2.98. The number of hydrogen-bond donors (Lipinski definition) is 0. The maximum atomic E-state index is 11.6. The molecule has 0 N–H and O–H groups in total. The van der Waals surface area contributed by atoms with Crippen LogP contribution in [0.1, 0.15) is 40.5 Å². The molecule has 0 bridgehead atoms. The molecule has 0 amide bonds. The minimum Gasteiger partial charge on any atom is -0.213 e. The highest BCUT2D eigenvalue weighted by Gasteiger charge is 2.43. The van der Waals surface area contributed by atoms with Gasteiger partial charge >= 0.3 is 0 Å². The van der Waals surface area contributed by atoms with Crippen molar-refractivity contribution in [2.75, 3.05) is 13.3 Å². The monoisotopic (exact) mass is 247 g/mol. The van der Waals surface area contributed by atoms with E-state index in [0.717, 1.165) is 12.8 Å². The second kappa shape index (κ2) is 4.30. The molecule has 0 heterocycles. The van der Waals surface area contributed by atoms with Gasteiger partial charge in [-0.1, -0.05) is 27.7 Å². The van der Waals surface area contributed by atoms with Crippen molar-refractivity contribution in [2.24, 2.45) is 17.3 Å². The van der Waals surface area contributed by atoms with Gasteiger partial charge in [-0.05, 0) is 30.1 Å². The first-order valence-corrected chi connectivity index (χ1v) is 7.81. The van der Waals surface area contributed by atoms with Crippen LogP contribution in [0.3, 0.4) is 0 Å². The minimum atomic E-state index is -3.07. The maximum absolute atomic E-state index is 11.6. The summed E-state index contributed by atoms with van der Waals surface area (Å²) in [7, 11) is -1.35. The summed E-state index contributed by atoms with van der Waals surface area (Å²) in [5.74, 6) is 1.08. The van der Waals surface area contributed by atoms with E-state index >= 15 is 0 Å². The van der Waals surface area contributed by atoms with Crippen LogP contribution < -0.4 is 0 Å². The zero-order valence-corrected chi connectivity index (χ0v) is 12.1. The predicted molar refractivity (Wildman–Crippen MR) is 67.7 cm³/mol. The molecular weight excluding hydrogens is 222 g/mol. The summed E-state index contributed by atoms with van der Waals surface area (Å²) in [5.41, 5.74) is 0.175. The van der Waals surface area contributed by atoms with Gasteiger partial charge < -0.3 is 0 Å². The van der Waals surface area contributed by atoms with Gasteiger partial charge in [0.1, 0.15) is 0 Å². The fourth-order valence-corrected chi connectivity index (χ4v) is 3.57. The molecule has 1 saturated carbocycles. The summed E-state index contributed by atoms with van der Waals surface area (Å²) in [6.45, 7) is 8.84. The van der Waals surface area contributed by atoms with E-state index in [9.17, 15) is 8.42 Å². The molecule has 1 aliphatic rings. The molecule has 0 aliphatic heterocycles. The molecule has 3 nitrogen and oxygen atoms in total. The Balaban J connectivity index is 2.95. The molecule has 16 heavy (non-hydrogen) atoms. The third-order valence-corrected chi connectivity index (χ3v) is 5.18. The SMILES string of the molecule is CC1CC(N(C)S(C)(=O)=O)C(C(C)(C)C)C1. The van der Waals surface area contributed by atoms with Gasteiger partial charge in [-0.15, -0.1) is 0 Å². The number of rotatable bonds is 2. The molecule has 1 rings (SSSR count). The largest absolute Gasteiger partial charge is 0.213 e. The van der Waals surface area contributed by atoms with Crippen molar-refractivity contribution in [1.29, 1.82) is 0 Å². The lowest BCUT2D eigenvalue weighted by molar-refractivity contribution is 0.167. The van der Waals surface area contributed by atoms with Crippen LogP contribution in [0.4, 0.5) is 0 Å². The van der Waals surface area contributed by atoms with Crippen molar-refractivity contribution in [3.05, 3.63) is 0 Å². The second-order valence-electron chi connectivity index (χ2n) is 6.40. The molecule has 0 aromatic rings. The molecule has 0 radical (unpaired) electrons. The van der Waals surface area contributed by atoms with E-state index in [1.165, 1.54) is 6.26 Å². The first-order valence-electron chi connectivity index (χ1n) is 5.96. The lowest BCUT2D eigenvalue weighted by Gasteiger charge is -2.36. The second-order valence-corrected chi connectivity index (χ2v) is 8.44. The molecule has 1 aliphatic carbocycles. The van der Waals surface area contributed by atoms with Gasteiger partial charge in [0, 0.05) is 13.1 Å². The van der Waals surface area contributed by atoms with Gasteiger partial charge in [0.25, 0.3) is 0 Å². The van der Waals surface area contributed by atoms with E-state index in [1.54, 1.807) is 11.4 Å². The van der Waals surface area contributed by atoms with E-state index in [1.807, 2.05) is 0 Å². The van der Waals surface area contributed by atoms with Gasteiger partial charge in [-0.2, -0.15) is 0 Å². The zero-order chi connectivity index (χ0) is 12.7. The Morgan fingerprint density at radius 2 is 1.69 bits per heavy atom. The summed E-state index contributed by atoms with van der Waals surface area (Å²) in [6, 6.07) is 0.171. The molecular formula is C12H25NO2S. The van der Waals surface area contributed by atoms with E-state index in [4.69, 9.17) is 0 Å². The first-order chi connectivity index (χ1) is 7.03. The van der Waals surface area contributed by atoms with Crippen molar-refractivity contribution >= 4 is 10.0 Å². The van der Waals surface area contributed by atoms with E-state index in [2.05, 4.69) is 27.7 Å². The summed E-state index contributed by atoms with van der Waals surface area (Å²) in [4.78, 5) is 0. The van der Waals surface area contributed by atoms with Crippen LogP contribution in [-0.2, 0) is 10.0 Å². The van der Waals surface area contributed by atoms with Crippen LogP contribution in [0.25, 0.3) is 0 Å². The Morgan fingerprint density at radius 3 is 2.06 bits per heavy atom. The van der Waals surface area contributed by atoms with Crippen molar-refractivity contribution in [2.45, 2.75) is 46.6 Å². The minimum absolute atomic E-state index is 0.171. The molecule has 1 fully saturated rings. The van der Waals surface area contributed by atoms with Gasteiger partial charge in [0.15, 0.2) is 0 Å². The molecule has 0 aromatic heterocycles. The topological polar surface area (TPSA) is 37.4 Å². The quantitative estimate of drug-likeness (QED) is 0.751. The van der Waals surface area contributed by atoms with Crippen LogP contribution in [-0.4, -0.2) is 32.1 Å². The average molecular weight is 247 g/mol. The van der Waals surface area contributed by atoms with Crippen LogP contribution in [0.15, 0.2) is 0 Å². The van der Waals surface area contributed by atoms with Crippen molar-refractivity contribution in [1.82, 2.24) is 4.31 Å². The standard InChI is InChI=1S/C12H25NO2S/c1-9-7-10(12(2,3)4)11(8-9)13(5)16(6,14)15/h9-11H,7-8H2,1-6H3. The lowest BCUT2D eigenvalue weighted by Crippen LogP contribution is -2.42. The first kappa shape index (κ1) is 14.0. The molecule has 0 spiro atoms. The molecule has 96 valence electrons. The molecule has 3 unspecified atom stereocenters. The summed E-state index contributed by atoms with van der Waals surface area (Å²) in [5, 5.41) is 0. The predicted octanol–water partition coefficient (Wildman–Crippen LogP) is 2.34. The fraction of sp³-hybridized carbons (Fsp3) is 1.00. The highest BCUT2D eigenvalue weighted by atomic mass is 32.2. The van der Waals surface area contributed by atoms with Gasteiger partial charge in [0.05, 0.1) is 6.26 Å². The van der Waals surface area contributed by atoms with Gasteiger partial charge in [-0.25, -0.2) is 12.7 Å². The summed E-state index contributed by atoms with van der Waals surface area (Å²) in [6.07, 6.45) is 3.43. The van der Waals surface area contributed by atoms with Crippen LogP contribution in [0.5, 0.6) is 0 Å². The Morgan fingerprint density at radius 1 is 1.19 bits per heavy atom. The van der Waals surface area contributed by atoms with Gasteiger partial charge in [0.2, 0.25) is 10.0 Å². The number of hydrogen-bond acceptors (Lipinski definition) is 2. The molecule has 3 atom stereocenters. The van der Waals surface area contributed by atoms with E-state index < -0.39 is 10.0 Å². The third-order valence-electron chi connectivity index (χ3n) is 3.87. The normalized spacial score (nSPS) is 32.3. The van der Waals surface area contributed by atoms with Crippen LogP contribution >= 0.6 is 0 Å². The van der Waals surface area contributed by atoms with Crippen LogP contribution in [0, 0.1) is 17.3 Å². The Labute approximate surface area is 100 Å². The summed E-state index contributed by atoms with van der Waals surface area (Å²) >= 11 is 0. The fourth-order valence-electron chi connectivity index (χ4n) is 2.84. The van der Waals surface area contributed by atoms with Crippen molar-refractivity contribution in [3.8, 4) is 0 Å². The molecule has 0 aromatic carbocycles. The Kier molecular flexibility index (Phi) is 3.75. The smallest absolute Gasteiger partial charge is 0.211 e.